The Hall–Kier alpha value is -1.80. The molecule has 2 aromatic rings. The summed E-state index contributed by atoms with van der Waals surface area (Å²) in [5, 5.41) is 0. The molecule has 0 amide bonds. The predicted molar refractivity (Wildman–Crippen MR) is 105 cm³/mol. The molecule has 1 aromatic carbocycles. The van der Waals surface area contributed by atoms with Gasteiger partial charge in [0.15, 0.2) is 5.96 Å². The first-order valence-electron chi connectivity index (χ1n) is 8.02. The molecule has 8 nitrogen and oxygen atoms in total. The molecule has 0 aliphatic heterocycles. The average molecular weight is 397 g/mol. The molecule has 0 aliphatic carbocycles. The molecule has 0 bridgehead atoms. The third-order valence-corrected chi connectivity index (χ3v) is 6.01. The maximum absolute atomic E-state index is 12.3. The van der Waals surface area contributed by atoms with Crippen molar-refractivity contribution in [1.82, 2.24) is 14.6 Å². The van der Waals surface area contributed by atoms with E-state index < -0.39 is 7.75 Å². The maximum Gasteiger partial charge on any atom is 0.435 e. The van der Waals surface area contributed by atoms with Crippen molar-refractivity contribution in [2.75, 3.05) is 19.3 Å². The van der Waals surface area contributed by atoms with Crippen LogP contribution in [0.25, 0.3) is 0 Å². The molecule has 1 atom stereocenters. The van der Waals surface area contributed by atoms with Crippen LogP contribution in [0.4, 0.5) is 0 Å². The first kappa shape index (κ1) is 20.5. The van der Waals surface area contributed by atoms with E-state index in [-0.39, 0.29) is 12.6 Å². The Morgan fingerprint density at radius 1 is 1.46 bits per heavy atom. The second-order valence-corrected chi connectivity index (χ2v) is 8.48. The molecule has 0 saturated heterocycles. The predicted octanol–water partition coefficient (Wildman–Crippen LogP) is 2.52. The fourth-order valence-corrected chi connectivity index (χ4v) is 3.64. The summed E-state index contributed by atoms with van der Waals surface area (Å²) < 4.78 is 18.4. The number of imidazole rings is 1. The van der Waals surface area contributed by atoms with Crippen molar-refractivity contribution < 1.29 is 14.0 Å². The van der Waals surface area contributed by atoms with Gasteiger partial charge in [-0.3, -0.25) is 14.2 Å². The molecule has 1 aromatic heterocycles. The molecule has 0 saturated carbocycles. The van der Waals surface area contributed by atoms with Gasteiger partial charge >= 0.3 is 7.75 Å². The van der Waals surface area contributed by atoms with Crippen LogP contribution in [0, 0.1) is 6.92 Å². The Morgan fingerprint density at radius 3 is 2.85 bits per heavy atom. The summed E-state index contributed by atoms with van der Waals surface area (Å²) in [6.45, 7) is 2.43. The summed E-state index contributed by atoms with van der Waals surface area (Å²) in [4.78, 5) is 21.5. The number of aromatic amines is 1. The minimum atomic E-state index is -4.05. The van der Waals surface area contributed by atoms with Crippen LogP contribution >= 0.6 is 19.5 Å². The minimum Gasteiger partial charge on any atom is -0.369 e. The van der Waals surface area contributed by atoms with Crippen molar-refractivity contribution in [3.05, 3.63) is 53.6 Å². The first-order chi connectivity index (χ1) is 12.4. The highest BCUT2D eigenvalue weighted by Crippen LogP contribution is 2.45. The van der Waals surface area contributed by atoms with Crippen molar-refractivity contribution in [2.24, 2.45) is 10.7 Å². The van der Waals surface area contributed by atoms with Crippen LogP contribution in [0.2, 0.25) is 0 Å². The van der Waals surface area contributed by atoms with Gasteiger partial charge in [0.25, 0.3) is 0 Å². The van der Waals surface area contributed by atoms with Crippen LogP contribution in [-0.2, 0) is 21.4 Å². The van der Waals surface area contributed by atoms with Crippen molar-refractivity contribution in [3.8, 4) is 0 Å². The number of guanidine groups is 1. The molecule has 0 radical (unpaired) electrons. The average Bonchev–Trinajstić information content (AvgIpc) is 3.05. The molecule has 142 valence electrons. The van der Waals surface area contributed by atoms with E-state index >= 15 is 0 Å². The molecule has 2 rings (SSSR count). The highest BCUT2D eigenvalue weighted by Gasteiger charge is 2.28. The lowest BCUT2D eigenvalue weighted by atomic mass is 10.2. The molecular weight excluding hydrogens is 373 g/mol. The number of aromatic nitrogens is 2. The number of H-pyrrole nitrogens is 1. The van der Waals surface area contributed by atoms with Crippen molar-refractivity contribution in [1.29, 1.82) is 0 Å². The van der Waals surface area contributed by atoms with Crippen LogP contribution in [-0.4, -0.2) is 44.8 Å². The number of hydrogen-bond acceptors (Lipinski definition) is 5. The normalized spacial score (nSPS) is 14.2. The smallest absolute Gasteiger partial charge is 0.369 e. The van der Waals surface area contributed by atoms with E-state index in [1.165, 1.54) is 7.05 Å². The monoisotopic (exact) mass is 397 g/mol. The zero-order chi connectivity index (χ0) is 19.0. The Bertz CT molecular complexity index is 768. The van der Waals surface area contributed by atoms with E-state index in [4.69, 9.17) is 10.3 Å². The highest BCUT2D eigenvalue weighted by atomic mass is 32.2. The number of aryl methyl sites for hydroxylation is 1. The lowest BCUT2D eigenvalue weighted by molar-refractivity contribution is 0.223. The number of nitrogens with one attached hydrogen (secondary N) is 1. The summed E-state index contributed by atoms with van der Waals surface area (Å²) in [7, 11) is -2.66. The van der Waals surface area contributed by atoms with Crippen molar-refractivity contribution in [3.63, 3.8) is 0 Å². The molecule has 10 heteroatoms. The molecule has 1 unspecified atom stereocenters. The fraction of sp³-hybridized carbons (Fsp3) is 0.375. The molecule has 1 heterocycles. The van der Waals surface area contributed by atoms with Crippen molar-refractivity contribution >= 4 is 25.5 Å². The first-order valence-corrected chi connectivity index (χ1v) is 10.7. The summed E-state index contributed by atoms with van der Waals surface area (Å²) in [6.07, 6.45) is 1.67. The van der Waals surface area contributed by atoms with Gasteiger partial charge in [0.05, 0.1) is 25.2 Å². The van der Waals surface area contributed by atoms with Crippen LogP contribution in [0.5, 0.6) is 0 Å². The summed E-state index contributed by atoms with van der Waals surface area (Å²) in [5.41, 5.74) is 8.68. The van der Waals surface area contributed by atoms with E-state index in [9.17, 15) is 9.46 Å². The van der Waals surface area contributed by atoms with Gasteiger partial charge in [-0.25, -0.2) is 9.55 Å². The second-order valence-electron chi connectivity index (χ2n) is 5.54. The number of benzene rings is 1. The van der Waals surface area contributed by atoms with E-state index in [0.29, 0.717) is 6.54 Å². The topological polar surface area (TPSA) is 117 Å². The van der Waals surface area contributed by atoms with E-state index in [1.54, 1.807) is 18.1 Å². The standard InChI is InChI=1S/C16H24N5O3PS/c1-13-15(20-12-19-13)11-26-9-8-18-16(17)21(2)25(22,23)24-10-14-6-4-3-5-7-14/h3-7,12H,8-11H2,1-2H3,(H2,17,18)(H,19,20)(H,22,23). The van der Waals surface area contributed by atoms with Gasteiger partial charge in [-0.1, -0.05) is 30.3 Å². The Labute approximate surface area is 157 Å². The van der Waals surface area contributed by atoms with Crippen LogP contribution in [0.1, 0.15) is 17.0 Å². The van der Waals surface area contributed by atoms with Crippen LogP contribution in [0.3, 0.4) is 0 Å². The van der Waals surface area contributed by atoms with Gasteiger partial charge in [-0.2, -0.15) is 11.8 Å². The van der Waals surface area contributed by atoms with Crippen LogP contribution in [0.15, 0.2) is 41.7 Å². The third-order valence-electron chi connectivity index (χ3n) is 3.64. The zero-order valence-corrected chi connectivity index (χ0v) is 16.5. The largest absolute Gasteiger partial charge is 0.435 e. The number of thioether (sulfide) groups is 1. The van der Waals surface area contributed by atoms with Crippen molar-refractivity contribution in [2.45, 2.75) is 19.3 Å². The van der Waals surface area contributed by atoms with Gasteiger partial charge in [0.1, 0.15) is 0 Å². The number of aliphatic imine (C=N–C) groups is 1. The minimum absolute atomic E-state index is 0.0190. The fourth-order valence-electron chi connectivity index (χ4n) is 1.98. The number of nitrogens with two attached hydrogens (primary N) is 1. The summed E-state index contributed by atoms with van der Waals surface area (Å²) in [6, 6.07) is 9.17. The van der Waals surface area contributed by atoms with Crippen LogP contribution < -0.4 is 5.73 Å². The molecule has 0 fully saturated rings. The molecule has 26 heavy (non-hydrogen) atoms. The van der Waals surface area contributed by atoms with Gasteiger partial charge in [-0.15, -0.1) is 0 Å². The molecular formula is C16H24N5O3PS. The lowest BCUT2D eigenvalue weighted by Crippen LogP contribution is -2.32. The van der Waals surface area contributed by atoms with E-state index in [1.807, 2.05) is 37.3 Å². The highest BCUT2D eigenvalue weighted by molar-refractivity contribution is 7.98. The van der Waals surface area contributed by atoms with Gasteiger partial charge < -0.3 is 15.6 Å². The molecule has 0 spiro atoms. The van der Waals surface area contributed by atoms with Gasteiger partial charge in [-0.05, 0) is 12.5 Å². The van der Waals surface area contributed by atoms with Gasteiger partial charge in [0, 0.05) is 24.2 Å². The lowest BCUT2D eigenvalue weighted by Gasteiger charge is -2.23. The Balaban J connectivity index is 1.77. The Morgan fingerprint density at radius 2 is 2.19 bits per heavy atom. The molecule has 4 N–H and O–H groups in total. The SMILES string of the molecule is Cc1[nH]cnc1CSCCN=C(N)N(C)P(=O)(O)OCc1ccccc1. The number of rotatable bonds is 9. The quantitative estimate of drug-likeness (QED) is 0.258. The van der Waals surface area contributed by atoms with E-state index in [2.05, 4.69) is 15.0 Å². The Kier molecular flexibility index (Phi) is 7.71. The van der Waals surface area contributed by atoms with E-state index in [0.717, 1.165) is 33.1 Å². The van der Waals surface area contributed by atoms with Gasteiger partial charge in [0.2, 0.25) is 0 Å². The summed E-state index contributed by atoms with van der Waals surface area (Å²) >= 11 is 1.67. The third kappa shape index (κ3) is 6.17. The number of nitrogens with zero attached hydrogens (tertiary/aromatic N) is 3. The summed E-state index contributed by atoms with van der Waals surface area (Å²) in [5.74, 6) is 1.47. The zero-order valence-electron chi connectivity index (χ0n) is 14.8. The second kappa shape index (κ2) is 9.78. The number of hydrogen-bond donors (Lipinski definition) is 3. The maximum atomic E-state index is 12.3. The molecule has 0 aliphatic rings.